The maximum absolute atomic E-state index is 12.3. The number of ketones is 1. The van der Waals surface area contributed by atoms with Crippen LogP contribution in [0.1, 0.15) is 34.6 Å². The SMILES string of the molecule is COCC(C)Oc1cc(Oc2ccc(C(=O)N(C)C)c(OC)c2)cc(C(C)=O)c1. The normalized spacial score (nSPS) is 11.5. The van der Waals surface area contributed by atoms with E-state index >= 15 is 0 Å². The number of benzene rings is 2. The maximum Gasteiger partial charge on any atom is 0.257 e. The Morgan fingerprint density at radius 1 is 1.00 bits per heavy atom. The van der Waals surface area contributed by atoms with Crippen molar-refractivity contribution < 1.29 is 28.5 Å². The van der Waals surface area contributed by atoms with Crippen molar-refractivity contribution in [3.8, 4) is 23.0 Å². The zero-order valence-corrected chi connectivity index (χ0v) is 17.6. The summed E-state index contributed by atoms with van der Waals surface area (Å²) in [7, 11) is 6.43. The summed E-state index contributed by atoms with van der Waals surface area (Å²) in [5.74, 6) is 1.52. The van der Waals surface area contributed by atoms with E-state index in [1.165, 1.54) is 18.9 Å². The Bertz CT molecular complexity index is 878. The van der Waals surface area contributed by atoms with E-state index in [0.717, 1.165) is 0 Å². The van der Waals surface area contributed by atoms with E-state index in [2.05, 4.69) is 0 Å². The van der Waals surface area contributed by atoms with E-state index in [1.807, 2.05) is 6.92 Å². The molecule has 0 fully saturated rings. The smallest absolute Gasteiger partial charge is 0.257 e. The third-order valence-electron chi connectivity index (χ3n) is 4.07. The topological polar surface area (TPSA) is 74.3 Å². The summed E-state index contributed by atoms with van der Waals surface area (Å²) in [4.78, 5) is 25.6. The van der Waals surface area contributed by atoms with E-state index < -0.39 is 0 Å². The van der Waals surface area contributed by atoms with Gasteiger partial charge in [0.25, 0.3) is 5.91 Å². The second-order valence-corrected chi connectivity index (χ2v) is 6.80. The van der Waals surface area contributed by atoms with Crippen LogP contribution in [0.4, 0.5) is 0 Å². The highest BCUT2D eigenvalue weighted by atomic mass is 16.5. The minimum atomic E-state index is -0.188. The number of hydrogen-bond acceptors (Lipinski definition) is 6. The van der Waals surface area contributed by atoms with Gasteiger partial charge in [-0.1, -0.05) is 0 Å². The second-order valence-electron chi connectivity index (χ2n) is 6.80. The summed E-state index contributed by atoms with van der Waals surface area (Å²) >= 11 is 0. The van der Waals surface area contributed by atoms with Crippen molar-refractivity contribution in [3.63, 3.8) is 0 Å². The molecule has 0 saturated heterocycles. The minimum Gasteiger partial charge on any atom is -0.496 e. The van der Waals surface area contributed by atoms with Gasteiger partial charge in [0, 0.05) is 38.9 Å². The predicted octanol–water partition coefficient (Wildman–Crippen LogP) is 3.81. The zero-order chi connectivity index (χ0) is 21.6. The molecule has 0 heterocycles. The van der Waals surface area contributed by atoms with Gasteiger partial charge in [0.05, 0.1) is 19.3 Å². The fourth-order valence-electron chi connectivity index (χ4n) is 2.69. The van der Waals surface area contributed by atoms with Crippen LogP contribution in [0, 0.1) is 0 Å². The average Bonchev–Trinajstić information content (AvgIpc) is 2.67. The van der Waals surface area contributed by atoms with E-state index in [4.69, 9.17) is 18.9 Å². The molecule has 0 aliphatic heterocycles. The van der Waals surface area contributed by atoms with Crippen LogP contribution in [0.25, 0.3) is 0 Å². The summed E-state index contributed by atoms with van der Waals surface area (Å²) in [5.41, 5.74) is 0.897. The minimum absolute atomic E-state index is 0.107. The molecule has 2 aromatic rings. The number of amides is 1. The van der Waals surface area contributed by atoms with Gasteiger partial charge in [-0.15, -0.1) is 0 Å². The molecule has 2 aromatic carbocycles. The molecular formula is C22H27NO6. The molecule has 0 aliphatic carbocycles. The van der Waals surface area contributed by atoms with Crippen molar-refractivity contribution in [3.05, 3.63) is 47.5 Å². The van der Waals surface area contributed by atoms with Gasteiger partial charge in [-0.05, 0) is 38.1 Å². The summed E-state index contributed by atoms with van der Waals surface area (Å²) in [6.45, 7) is 3.76. The van der Waals surface area contributed by atoms with Crippen molar-refractivity contribution >= 4 is 11.7 Å². The molecule has 0 spiro atoms. The van der Waals surface area contributed by atoms with Crippen molar-refractivity contribution in [2.75, 3.05) is 34.9 Å². The van der Waals surface area contributed by atoms with E-state index in [-0.39, 0.29) is 17.8 Å². The Morgan fingerprint density at radius 2 is 1.69 bits per heavy atom. The fraction of sp³-hybridized carbons (Fsp3) is 0.364. The van der Waals surface area contributed by atoms with E-state index in [9.17, 15) is 9.59 Å². The van der Waals surface area contributed by atoms with Crippen LogP contribution < -0.4 is 14.2 Å². The molecule has 1 amide bonds. The number of rotatable bonds is 9. The molecule has 29 heavy (non-hydrogen) atoms. The Balaban J connectivity index is 2.33. The highest BCUT2D eigenvalue weighted by Crippen LogP contribution is 2.32. The highest BCUT2D eigenvalue weighted by molar-refractivity contribution is 5.97. The van der Waals surface area contributed by atoms with Crippen LogP contribution in [-0.2, 0) is 4.74 Å². The summed E-state index contributed by atoms with van der Waals surface area (Å²) in [6, 6.07) is 9.95. The number of Topliss-reactive ketones (excluding diaryl/α,β-unsaturated/α-hetero) is 1. The molecule has 0 saturated carbocycles. The third-order valence-corrected chi connectivity index (χ3v) is 4.07. The lowest BCUT2D eigenvalue weighted by atomic mass is 10.1. The molecule has 0 aromatic heterocycles. The van der Waals surface area contributed by atoms with Crippen LogP contribution in [0.2, 0.25) is 0 Å². The molecule has 0 radical (unpaired) electrons. The zero-order valence-electron chi connectivity index (χ0n) is 17.6. The summed E-state index contributed by atoms with van der Waals surface area (Å²) in [6.07, 6.45) is -0.188. The first-order valence-corrected chi connectivity index (χ1v) is 9.14. The molecule has 156 valence electrons. The fourth-order valence-corrected chi connectivity index (χ4v) is 2.69. The van der Waals surface area contributed by atoms with Crippen molar-refractivity contribution in [1.82, 2.24) is 4.90 Å². The molecule has 7 heteroatoms. The monoisotopic (exact) mass is 401 g/mol. The number of methoxy groups -OCH3 is 2. The molecule has 7 nitrogen and oxygen atoms in total. The number of ether oxygens (including phenoxy) is 4. The van der Waals surface area contributed by atoms with Gasteiger partial charge in [-0.3, -0.25) is 9.59 Å². The number of carbonyl (C=O) groups excluding carboxylic acids is 2. The Labute approximate surface area is 171 Å². The van der Waals surface area contributed by atoms with Gasteiger partial charge in [-0.2, -0.15) is 0 Å². The standard InChI is InChI=1S/C22H27NO6/c1-14(13-26-5)28-18-9-16(15(2)24)10-19(11-18)29-17-7-8-20(21(12-17)27-6)22(25)23(3)4/h7-12,14H,13H2,1-6H3. The van der Waals surface area contributed by atoms with Crippen molar-refractivity contribution in [2.45, 2.75) is 20.0 Å². The molecular weight excluding hydrogens is 374 g/mol. The van der Waals surface area contributed by atoms with Gasteiger partial charge < -0.3 is 23.8 Å². The summed E-state index contributed by atoms with van der Waals surface area (Å²) in [5, 5.41) is 0. The quantitative estimate of drug-likeness (QED) is 0.595. The first-order valence-electron chi connectivity index (χ1n) is 9.14. The lowest BCUT2D eigenvalue weighted by Crippen LogP contribution is -2.22. The van der Waals surface area contributed by atoms with E-state index in [1.54, 1.807) is 57.6 Å². The first-order chi connectivity index (χ1) is 13.7. The molecule has 1 atom stereocenters. The van der Waals surface area contributed by atoms with Crippen LogP contribution in [0.3, 0.4) is 0 Å². The first kappa shape index (κ1) is 22.2. The molecule has 0 aliphatic rings. The lowest BCUT2D eigenvalue weighted by Gasteiger charge is -2.17. The average molecular weight is 401 g/mol. The van der Waals surface area contributed by atoms with Gasteiger partial charge in [0.2, 0.25) is 0 Å². The molecule has 1 unspecified atom stereocenters. The second kappa shape index (κ2) is 9.93. The number of carbonyl (C=O) groups is 2. The number of hydrogen-bond donors (Lipinski definition) is 0. The van der Waals surface area contributed by atoms with Crippen LogP contribution in [0.5, 0.6) is 23.0 Å². The van der Waals surface area contributed by atoms with Crippen LogP contribution >= 0.6 is 0 Å². The maximum atomic E-state index is 12.3. The van der Waals surface area contributed by atoms with Crippen molar-refractivity contribution in [2.24, 2.45) is 0 Å². The van der Waals surface area contributed by atoms with E-state index in [0.29, 0.717) is 40.7 Å². The van der Waals surface area contributed by atoms with Crippen molar-refractivity contribution in [1.29, 1.82) is 0 Å². The predicted molar refractivity (Wildman–Crippen MR) is 109 cm³/mol. The summed E-state index contributed by atoms with van der Waals surface area (Å²) < 4.78 is 22.2. The van der Waals surface area contributed by atoms with Gasteiger partial charge in [0.15, 0.2) is 5.78 Å². The Hall–Kier alpha value is -3.06. The largest absolute Gasteiger partial charge is 0.496 e. The van der Waals surface area contributed by atoms with Gasteiger partial charge >= 0.3 is 0 Å². The van der Waals surface area contributed by atoms with Gasteiger partial charge in [0.1, 0.15) is 29.1 Å². The molecule has 0 bridgehead atoms. The highest BCUT2D eigenvalue weighted by Gasteiger charge is 2.16. The molecule has 2 rings (SSSR count). The molecule has 0 N–H and O–H groups in total. The van der Waals surface area contributed by atoms with Gasteiger partial charge in [-0.25, -0.2) is 0 Å². The Kier molecular flexibility index (Phi) is 7.61. The van der Waals surface area contributed by atoms with Crippen LogP contribution in [0.15, 0.2) is 36.4 Å². The third kappa shape index (κ3) is 5.96. The Morgan fingerprint density at radius 3 is 2.28 bits per heavy atom. The number of nitrogens with zero attached hydrogens (tertiary/aromatic N) is 1. The lowest BCUT2D eigenvalue weighted by molar-refractivity contribution is 0.0824. The van der Waals surface area contributed by atoms with Crippen LogP contribution in [-0.4, -0.2) is 57.6 Å².